The quantitative estimate of drug-likeness (QED) is 0.728. The van der Waals surface area contributed by atoms with E-state index in [1.807, 2.05) is 0 Å². The van der Waals surface area contributed by atoms with Gasteiger partial charge in [0, 0.05) is 23.1 Å². The van der Waals surface area contributed by atoms with Crippen molar-refractivity contribution in [3.8, 4) is 0 Å². The second-order valence-corrected chi connectivity index (χ2v) is 5.38. The molecule has 22 heavy (non-hydrogen) atoms. The van der Waals surface area contributed by atoms with Crippen LogP contribution in [0.2, 0.25) is 5.02 Å². The summed E-state index contributed by atoms with van der Waals surface area (Å²) in [6, 6.07) is 10.1. The van der Waals surface area contributed by atoms with Crippen LogP contribution < -0.4 is 10.6 Å². The Kier molecular flexibility index (Phi) is 5.68. The first kappa shape index (κ1) is 16.2. The first-order valence-electron chi connectivity index (χ1n) is 6.49. The molecule has 0 amide bonds. The van der Waals surface area contributed by atoms with Crippen molar-refractivity contribution in [1.82, 2.24) is 10.3 Å². The first-order valence-corrected chi connectivity index (χ1v) is 7.28. The molecular weight excluding hydrogens is 322 g/mol. The molecule has 0 fully saturated rings. The van der Waals surface area contributed by atoms with E-state index in [-0.39, 0.29) is 6.42 Å². The fourth-order valence-electron chi connectivity index (χ4n) is 1.88. The molecule has 2 rings (SSSR count). The summed E-state index contributed by atoms with van der Waals surface area (Å²) < 4.78 is 0. The molecule has 5 nitrogen and oxygen atoms in total. The van der Waals surface area contributed by atoms with Crippen LogP contribution in [0, 0.1) is 0 Å². The predicted octanol–water partition coefficient (Wildman–Crippen LogP) is 3.24. The van der Waals surface area contributed by atoms with Gasteiger partial charge in [-0.05, 0) is 42.0 Å². The number of hydrogen-bond donors (Lipinski definition) is 3. The molecule has 1 aromatic heterocycles. The van der Waals surface area contributed by atoms with E-state index in [1.165, 1.54) is 0 Å². The summed E-state index contributed by atoms with van der Waals surface area (Å²) in [7, 11) is 0. The molecule has 3 N–H and O–H groups in total. The van der Waals surface area contributed by atoms with Crippen LogP contribution in [0.3, 0.4) is 0 Å². The molecule has 0 bridgehead atoms. The standard InChI is InChI=1S/C15H14ClN3O2S/c16-11-3-1-10(2-4-11)13(9-14(20)21)19-15(22)18-12-5-7-17-8-6-12/h1-8,13H,9H2,(H,20,21)(H2,17,18,19,22)/t13-/m1/s1. The minimum Gasteiger partial charge on any atom is -0.481 e. The molecule has 0 aliphatic carbocycles. The zero-order chi connectivity index (χ0) is 15.9. The minimum absolute atomic E-state index is 0.0974. The number of halogens is 1. The average Bonchev–Trinajstić information content (AvgIpc) is 2.48. The molecule has 0 unspecified atom stereocenters. The molecule has 1 heterocycles. The van der Waals surface area contributed by atoms with Gasteiger partial charge in [-0.25, -0.2) is 0 Å². The maximum Gasteiger partial charge on any atom is 0.305 e. The van der Waals surface area contributed by atoms with Gasteiger partial charge in [0.15, 0.2) is 5.11 Å². The average molecular weight is 336 g/mol. The molecule has 7 heteroatoms. The highest BCUT2D eigenvalue weighted by Gasteiger charge is 2.16. The van der Waals surface area contributed by atoms with Gasteiger partial charge >= 0.3 is 5.97 Å². The highest BCUT2D eigenvalue weighted by Crippen LogP contribution is 2.20. The number of anilines is 1. The van der Waals surface area contributed by atoms with Crippen molar-refractivity contribution in [3.05, 3.63) is 59.4 Å². The molecule has 0 aliphatic rings. The second-order valence-electron chi connectivity index (χ2n) is 4.54. The lowest BCUT2D eigenvalue weighted by molar-refractivity contribution is -0.137. The fourth-order valence-corrected chi connectivity index (χ4v) is 2.27. The molecule has 0 saturated carbocycles. The van der Waals surface area contributed by atoms with Crippen molar-refractivity contribution in [3.63, 3.8) is 0 Å². The Morgan fingerprint density at radius 2 is 1.86 bits per heavy atom. The lowest BCUT2D eigenvalue weighted by atomic mass is 10.0. The van der Waals surface area contributed by atoms with E-state index in [0.29, 0.717) is 10.1 Å². The van der Waals surface area contributed by atoms with Crippen LogP contribution in [0.25, 0.3) is 0 Å². The highest BCUT2D eigenvalue weighted by atomic mass is 35.5. The Hall–Kier alpha value is -2.18. The van der Waals surface area contributed by atoms with Crippen molar-refractivity contribution in [2.75, 3.05) is 5.32 Å². The van der Waals surface area contributed by atoms with Crippen LogP contribution in [0.1, 0.15) is 18.0 Å². The number of carboxylic acids is 1. The van der Waals surface area contributed by atoms with Crippen LogP contribution in [-0.4, -0.2) is 21.2 Å². The molecule has 0 spiro atoms. The number of aliphatic carboxylic acids is 1. The zero-order valence-electron chi connectivity index (χ0n) is 11.5. The van der Waals surface area contributed by atoms with Crippen LogP contribution in [-0.2, 0) is 4.79 Å². The van der Waals surface area contributed by atoms with Crippen molar-refractivity contribution in [2.24, 2.45) is 0 Å². The lowest BCUT2D eigenvalue weighted by Gasteiger charge is -2.20. The minimum atomic E-state index is -0.917. The van der Waals surface area contributed by atoms with Gasteiger partial charge in [0.25, 0.3) is 0 Å². The van der Waals surface area contributed by atoms with Crippen molar-refractivity contribution in [1.29, 1.82) is 0 Å². The molecule has 1 aromatic carbocycles. The van der Waals surface area contributed by atoms with E-state index in [4.69, 9.17) is 28.9 Å². The number of nitrogens with zero attached hydrogens (tertiary/aromatic N) is 1. The largest absolute Gasteiger partial charge is 0.481 e. The number of pyridine rings is 1. The topological polar surface area (TPSA) is 74.2 Å². The van der Waals surface area contributed by atoms with E-state index >= 15 is 0 Å². The third kappa shape index (κ3) is 4.98. The summed E-state index contributed by atoms with van der Waals surface area (Å²) in [6.07, 6.45) is 3.18. The van der Waals surface area contributed by atoms with E-state index in [9.17, 15) is 4.79 Å². The van der Waals surface area contributed by atoms with Gasteiger partial charge in [0.1, 0.15) is 0 Å². The molecule has 2 aromatic rings. The Bertz CT molecular complexity index is 650. The summed E-state index contributed by atoms with van der Waals surface area (Å²) in [5.74, 6) is -0.917. The van der Waals surface area contributed by atoms with Gasteiger partial charge < -0.3 is 15.7 Å². The summed E-state index contributed by atoms with van der Waals surface area (Å²) in [5.41, 5.74) is 1.57. The van der Waals surface area contributed by atoms with Crippen LogP contribution in [0.15, 0.2) is 48.8 Å². The molecule has 1 atom stereocenters. The van der Waals surface area contributed by atoms with Crippen molar-refractivity contribution < 1.29 is 9.90 Å². The SMILES string of the molecule is O=C(O)C[C@@H](NC(=S)Nc1ccncc1)c1ccc(Cl)cc1. The number of rotatable bonds is 5. The Morgan fingerprint density at radius 3 is 2.45 bits per heavy atom. The number of nitrogens with one attached hydrogen (secondary N) is 2. The Morgan fingerprint density at radius 1 is 1.23 bits per heavy atom. The maximum absolute atomic E-state index is 11.1. The predicted molar refractivity (Wildman–Crippen MR) is 90.0 cm³/mol. The number of hydrogen-bond acceptors (Lipinski definition) is 3. The monoisotopic (exact) mass is 335 g/mol. The van der Waals surface area contributed by atoms with Crippen LogP contribution in [0.4, 0.5) is 5.69 Å². The maximum atomic E-state index is 11.1. The Labute approximate surface area is 138 Å². The third-order valence-corrected chi connectivity index (χ3v) is 3.37. The normalized spacial score (nSPS) is 11.5. The second kappa shape index (κ2) is 7.72. The molecular formula is C15H14ClN3O2S. The van der Waals surface area contributed by atoms with Crippen LogP contribution >= 0.6 is 23.8 Å². The summed E-state index contributed by atoms with van der Waals surface area (Å²) in [6.45, 7) is 0. The van der Waals surface area contributed by atoms with Gasteiger partial charge in [0.05, 0.1) is 12.5 Å². The molecule has 0 radical (unpaired) electrons. The van der Waals surface area contributed by atoms with Gasteiger partial charge in [-0.2, -0.15) is 0 Å². The first-order chi connectivity index (χ1) is 10.5. The number of benzene rings is 1. The van der Waals surface area contributed by atoms with E-state index in [2.05, 4.69) is 15.6 Å². The fraction of sp³-hybridized carbons (Fsp3) is 0.133. The van der Waals surface area contributed by atoms with Crippen molar-refractivity contribution >= 4 is 40.6 Å². The van der Waals surface area contributed by atoms with Gasteiger partial charge in [-0.1, -0.05) is 23.7 Å². The highest BCUT2D eigenvalue weighted by molar-refractivity contribution is 7.80. The smallest absolute Gasteiger partial charge is 0.305 e. The third-order valence-electron chi connectivity index (χ3n) is 2.89. The van der Waals surface area contributed by atoms with E-state index < -0.39 is 12.0 Å². The van der Waals surface area contributed by atoms with Gasteiger partial charge in [-0.15, -0.1) is 0 Å². The summed E-state index contributed by atoms with van der Waals surface area (Å²) in [5, 5.41) is 16.0. The zero-order valence-corrected chi connectivity index (χ0v) is 13.1. The molecule has 0 saturated heterocycles. The van der Waals surface area contributed by atoms with Crippen molar-refractivity contribution in [2.45, 2.75) is 12.5 Å². The van der Waals surface area contributed by atoms with E-state index in [1.54, 1.807) is 48.8 Å². The Balaban J connectivity index is 2.07. The molecule has 0 aliphatic heterocycles. The lowest BCUT2D eigenvalue weighted by Crippen LogP contribution is -2.33. The number of carboxylic acid groups (broad SMARTS) is 1. The van der Waals surface area contributed by atoms with E-state index in [0.717, 1.165) is 11.3 Å². The molecule has 114 valence electrons. The number of thiocarbonyl (C=S) groups is 1. The number of carbonyl (C=O) groups is 1. The summed E-state index contributed by atoms with van der Waals surface area (Å²) >= 11 is 11.1. The van der Waals surface area contributed by atoms with Crippen LogP contribution in [0.5, 0.6) is 0 Å². The summed E-state index contributed by atoms with van der Waals surface area (Å²) in [4.78, 5) is 15.0. The van der Waals surface area contributed by atoms with Gasteiger partial charge in [-0.3, -0.25) is 9.78 Å². The van der Waals surface area contributed by atoms with Gasteiger partial charge in [0.2, 0.25) is 0 Å². The number of aromatic nitrogens is 1.